The quantitative estimate of drug-likeness (QED) is 0.572. The van der Waals surface area contributed by atoms with Crippen molar-refractivity contribution in [3.05, 3.63) is 0 Å². The molecule has 0 aliphatic carbocycles. The van der Waals surface area contributed by atoms with Crippen molar-refractivity contribution in [1.29, 1.82) is 0 Å². The normalized spacial score (nSPS) is 16.8. The van der Waals surface area contributed by atoms with E-state index in [4.69, 9.17) is 0 Å². The predicted octanol–water partition coefficient (Wildman–Crippen LogP) is 1.67. The van der Waals surface area contributed by atoms with Gasteiger partial charge in [0, 0.05) is 22.3 Å². The fourth-order valence-electron chi connectivity index (χ4n) is 1.60. The second-order valence-corrected chi connectivity index (χ2v) is 4.75. The van der Waals surface area contributed by atoms with E-state index in [-0.39, 0.29) is 0 Å². The highest BCUT2D eigenvalue weighted by atomic mass is 28.1. The number of hydrogen-bond acceptors (Lipinski definition) is 1. The van der Waals surface area contributed by atoms with Crippen molar-refractivity contribution in [1.82, 2.24) is 4.90 Å². The van der Waals surface area contributed by atoms with Gasteiger partial charge in [0.05, 0.1) is 0 Å². The number of hydrogen-bond donors (Lipinski definition) is 0. The van der Waals surface area contributed by atoms with Crippen LogP contribution in [0.5, 0.6) is 0 Å². The summed E-state index contributed by atoms with van der Waals surface area (Å²) >= 11 is 0. The molecule has 0 saturated heterocycles. The molecular formula is C10H25NSi. The molecule has 2 heteroatoms. The van der Waals surface area contributed by atoms with E-state index in [9.17, 15) is 0 Å². The smallest absolute Gasteiger partial charge is 0.00669 e. The molecule has 0 aromatic carbocycles. The lowest BCUT2D eigenvalue weighted by molar-refractivity contribution is 0.155. The zero-order chi connectivity index (χ0) is 9.56. The van der Waals surface area contributed by atoms with Crippen LogP contribution in [0.1, 0.15) is 40.5 Å². The van der Waals surface area contributed by atoms with Crippen molar-refractivity contribution in [2.45, 2.75) is 58.7 Å². The summed E-state index contributed by atoms with van der Waals surface area (Å²) in [7, 11) is 1.34. The minimum absolute atomic E-state index is 0.772. The van der Waals surface area contributed by atoms with Gasteiger partial charge in [-0.1, -0.05) is 19.9 Å². The van der Waals surface area contributed by atoms with E-state index in [0.29, 0.717) is 0 Å². The summed E-state index contributed by atoms with van der Waals surface area (Å²) in [6, 6.07) is 2.96. The summed E-state index contributed by atoms with van der Waals surface area (Å²) in [4.78, 5) is 2.66. The van der Waals surface area contributed by atoms with Crippen molar-refractivity contribution in [3.63, 3.8) is 0 Å². The Balaban J connectivity index is 4.01. The van der Waals surface area contributed by atoms with E-state index in [1.807, 2.05) is 0 Å². The van der Waals surface area contributed by atoms with E-state index in [0.717, 1.165) is 12.1 Å². The van der Waals surface area contributed by atoms with Gasteiger partial charge in [-0.25, -0.2) is 0 Å². The van der Waals surface area contributed by atoms with E-state index in [2.05, 4.69) is 32.6 Å². The Morgan fingerprint density at radius 3 is 1.75 bits per heavy atom. The molecule has 0 bridgehead atoms. The molecule has 0 spiro atoms. The summed E-state index contributed by atoms with van der Waals surface area (Å²) in [5.41, 5.74) is 0. The maximum Gasteiger partial charge on any atom is 0.00669 e. The number of rotatable bonds is 6. The molecule has 0 heterocycles. The summed E-state index contributed by atoms with van der Waals surface area (Å²) in [6.07, 6.45) is 2.57. The van der Waals surface area contributed by atoms with Crippen LogP contribution in [0.2, 0.25) is 6.04 Å². The Morgan fingerprint density at radius 2 is 1.50 bits per heavy atom. The van der Waals surface area contributed by atoms with Gasteiger partial charge < -0.3 is 0 Å². The zero-order valence-electron chi connectivity index (χ0n) is 9.43. The minimum atomic E-state index is 0.772. The van der Waals surface area contributed by atoms with Gasteiger partial charge in [0.2, 0.25) is 0 Å². The Morgan fingerprint density at radius 1 is 1.08 bits per heavy atom. The standard InChI is InChI=1S/C10H25NSi/c1-5-9(3)11(7-8-12)10(4)6-2/h9-10H,5-8H2,1-4,12H3. The average molecular weight is 187 g/mol. The zero-order valence-corrected chi connectivity index (χ0v) is 11.4. The third-order valence-corrected chi connectivity index (χ3v) is 3.24. The van der Waals surface area contributed by atoms with Gasteiger partial charge in [0.15, 0.2) is 0 Å². The SMILES string of the molecule is CCC(C)N(CC[SiH3])C(C)CC. The Labute approximate surface area is 81.0 Å². The van der Waals surface area contributed by atoms with Gasteiger partial charge in [-0.05, 0) is 33.2 Å². The molecule has 0 aromatic rings. The maximum absolute atomic E-state index is 2.66. The van der Waals surface area contributed by atoms with Gasteiger partial charge in [-0.15, -0.1) is 0 Å². The van der Waals surface area contributed by atoms with Crippen molar-refractivity contribution >= 4 is 10.2 Å². The first kappa shape index (κ1) is 12.2. The fraction of sp³-hybridized carbons (Fsp3) is 1.00. The highest BCUT2D eigenvalue weighted by molar-refractivity contribution is 6.08. The van der Waals surface area contributed by atoms with Crippen LogP contribution >= 0.6 is 0 Å². The third kappa shape index (κ3) is 3.72. The van der Waals surface area contributed by atoms with Gasteiger partial charge in [-0.2, -0.15) is 0 Å². The van der Waals surface area contributed by atoms with Crippen LogP contribution in [-0.4, -0.2) is 33.8 Å². The molecule has 1 nitrogen and oxygen atoms in total. The largest absolute Gasteiger partial charge is 0.298 e. The van der Waals surface area contributed by atoms with E-state index >= 15 is 0 Å². The summed E-state index contributed by atoms with van der Waals surface area (Å²) < 4.78 is 0. The van der Waals surface area contributed by atoms with Crippen molar-refractivity contribution in [3.8, 4) is 0 Å². The van der Waals surface area contributed by atoms with E-state index < -0.39 is 0 Å². The molecule has 0 radical (unpaired) electrons. The van der Waals surface area contributed by atoms with E-state index in [1.54, 1.807) is 0 Å². The van der Waals surface area contributed by atoms with Crippen LogP contribution in [0.4, 0.5) is 0 Å². The van der Waals surface area contributed by atoms with Crippen LogP contribution in [-0.2, 0) is 0 Å². The lowest BCUT2D eigenvalue weighted by Gasteiger charge is -2.33. The summed E-state index contributed by atoms with van der Waals surface area (Å²) in [6.45, 7) is 10.6. The predicted molar refractivity (Wildman–Crippen MR) is 61.0 cm³/mol. The van der Waals surface area contributed by atoms with Crippen molar-refractivity contribution in [2.24, 2.45) is 0 Å². The average Bonchev–Trinajstić information content (AvgIpc) is 2.11. The summed E-state index contributed by atoms with van der Waals surface area (Å²) in [5.74, 6) is 0. The van der Waals surface area contributed by atoms with Gasteiger partial charge in [-0.3, -0.25) is 4.90 Å². The van der Waals surface area contributed by atoms with E-state index in [1.165, 1.54) is 35.7 Å². The topological polar surface area (TPSA) is 3.24 Å². The van der Waals surface area contributed by atoms with Gasteiger partial charge in [0.25, 0.3) is 0 Å². The highest BCUT2D eigenvalue weighted by Gasteiger charge is 2.15. The van der Waals surface area contributed by atoms with Crippen LogP contribution in [0.25, 0.3) is 0 Å². The molecule has 0 saturated carbocycles. The molecule has 0 rings (SSSR count). The van der Waals surface area contributed by atoms with Crippen LogP contribution < -0.4 is 0 Å². The molecule has 0 N–H and O–H groups in total. The maximum atomic E-state index is 2.66. The third-order valence-electron chi connectivity index (χ3n) is 2.80. The molecule has 74 valence electrons. The first-order valence-corrected chi connectivity index (χ1v) is 6.84. The van der Waals surface area contributed by atoms with Crippen LogP contribution in [0.15, 0.2) is 0 Å². The molecule has 0 aromatic heterocycles. The lowest BCUT2D eigenvalue weighted by atomic mass is 10.1. The van der Waals surface area contributed by atoms with Gasteiger partial charge >= 0.3 is 0 Å². The fourth-order valence-corrected chi connectivity index (χ4v) is 2.12. The summed E-state index contributed by atoms with van der Waals surface area (Å²) in [5, 5.41) is 0. The Bertz CT molecular complexity index is 96.0. The molecule has 2 atom stereocenters. The minimum Gasteiger partial charge on any atom is -0.298 e. The molecule has 0 aliphatic rings. The Hall–Kier alpha value is 0.177. The Kier molecular flexibility index (Phi) is 6.77. The highest BCUT2D eigenvalue weighted by Crippen LogP contribution is 2.11. The van der Waals surface area contributed by atoms with Crippen LogP contribution in [0, 0.1) is 0 Å². The van der Waals surface area contributed by atoms with Gasteiger partial charge in [0.1, 0.15) is 0 Å². The second-order valence-electron chi connectivity index (χ2n) is 3.75. The molecule has 12 heavy (non-hydrogen) atoms. The van der Waals surface area contributed by atoms with Crippen LogP contribution in [0.3, 0.4) is 0 Å². The molecular weight excluding hydrogens is 162 g/mol. The molecule has 0 aliphatic heterocycles. The van der Waals surface area contributed by atoms with Crippen molar-refractivity contribution < 1.29 is 0 Å². The molecule has 2 unspecified atom stereocenters. The first-order valence-electron chi connectivity index (χ1n) is 5.43. The second kappa shape index (κ2) is 6.67. The molecule has 0 amide bonds. The lowest BCUT2D eigenvalue weighted by Crippen LogP contribution is -2.40. The number of nitrogens with zero attached hydrogens (tertiary/aromatic N) is 1. The van der Waals surface area contributed by atoms with Crippen molar-refractivity contribution in [2.75, 3.05) is 6.54 Å². The monoisotopic (exact) mass is 187 g/mol. The molecule has 0 fully saturated rings. The first-order chi connectivity index (χ1) is 5.67.